The van der Waals surface area contributed by atoms with Gasteiger partial charge in [-0.3, -0.25) is 4.98 Å². The van der Waals surface area contributed by atoms with E-state index in [2.05, 4.69) is 11.1 Å². The highest BCUT2D eigenvalue weighted by Gasteiger charge is 2.33. The second-order valence-corrected chi connectivity index (χ2v) is 7.14. The quantitative estimate of drug-likeness (QED) is 0.371. The van der Waals surface area contributed by atoms with E-state index in [0.29, 0.717) is 22.3 Å². The Morgan fingerprint density at radius 2 is 1.77 bits per heavy atom. The molecule has 31 heavy (non-hydrogen) atoms. The van der Waals surface area contributed by atoms with Gasteiger partial charge in [0.2, 0.25) is 0 Å². The monoisotopic (exact) mass is 418 g/mol. The highest BCUT2D eigenvalue weighted by atomic mass is 19.4. The van der Waals surface area contributed by atoms with E-state index in [1.807, 2.05) is 19.1 Å². The fraction of sp³-hybridized carbons (Fsp3) is 0.120. The lowest BCUT2D eigenvalue weighted by molar-refractivity contribution is -0.136. The number of pyridine rings is 1. The maximum atomic E-state index is 13.5. The van der Waals surface area contributed by atoms with Crippen molar-refractivity contribution in [3.8, 4) is 22.9 Å². The molecule has 0 saturated carbocycles. The highest BCUT2D eigenvalue weighted by molar-refractivity contribution is 5.97. The van der Waals surface area contributed by atoms with Gasteiger partial charge < -0.3 is 4.74 Å². The van der Waals surface area contributed by atoms with E-state index in [9.17, 15) is 13.2 Å². The highest BCUT2D eigenvalue weighted by Crippen LogP contribution is 2.38. The first-order valence-electron chi connectivity index (χ1n) is 9.54. The molecule has 0 N–H and O–H groups in total. The molecule has 1 heterocycles. The minimum Gasteiger partial charge on any atom is -0.489 e. The number of hydrogen-bond acceptors (Lipinski definition) is 3. The maximum absolute atomic E-state index is 13.5. The summed E-state index contributed by atoms with van der Waals surface area (Å²) in [6.45, 7) is 2.09. The molecule has 0 aliphatic carbocycles. The smallest absolute Gasteiger partial charge is 0.418 e. The number of para-hydroxylation sites is 1. The number of fused-ring (bicyclic) bond motifs is 1. The first kappa shape index (κ1) is 20.4. The van der Waals surface area contributed by atoms with Crippen molar-refractivity contribution in [3.05, 3.63) is 95.2 Å². The Hall–Kier alpha value is -3.85. The summed E-state index contributed by atoms with van der Waals surface area (Å²) in [5.74, 6) is 0.580. The van der Waals surface area contributed by atoms with Crippen LogP contribution in [0.25, 0.3) is 22.0 Å². The summed E-state index contributed by atoms with van der Waals surface area (Å²) in [6, 6.07) is 20.6. The predicted molar refractivity (Wildman–Crippen MR) is 112 cm³/mol. The second-order valence-electron chi connectivity index (χ2n) is 7.14. The first-order valence-corrected chi connectivity index (χ1v) is 9.54. The number of alkyl halides is 3. The third-order valence-electron chi connectivity index (χ3n) is 4.98. The van der Waals surface area contributed by atoms with Gasteiger partial charge in [-0.05, 0) is 59.5 Å². The van der Waals surface area contributed by atoms with Crippen molar-refractivity contribution in [1.29, 1.82) is 5.26 Å². The Morgan fingerprint density at radius 1 is 1.00 bits per heavy atom. The first-order chi connectivity index (χ1) is 14.9. The lowest BCUT2D eigenvalue weighted by Crippen LogP contribution is -2.07. The van der Waals surface area contributed by atoms with Gasteiger partial charge in [-0.2, -0.15) is 18.4 Å². The van der Waals surface area contributed by atoms with Gasteiger partial charge in [-0.15, -0.1) is 0 Å². The number of aryl methyl sites for hydroxylation is 1. The molecule has 0 bridgehead atoms. The molecule has 3 aromatic carbocycles. The van der Waals surface area contributed by atoms with E-state index in [0.717, 1.165) is 22.8 Å². The minimum atomic E-state index is -4.48. The van der Waals surface area contributed by atoms with E-state index in [1.165, 1.54) is 12.3 Å². The zero-order chi connectivity index (χ0) is 22.0. The molecule has 0 atom stereocenters. The number of aromatic nitrogens is 1. The van der Waals surface area contributed by atoms with Crippen LogP contribution in [-0.2, 0) is 12.8 Å². The van der Waals surface area contributed by atoms with Crippen LogP contribution in [0.1, 0.15) is 22.3 Å². The lowest BCUT2D eigenvalue weighted by atomic mass is 9.95. The Balaban J connectivity index is 1.72. The minimum absolute atomic E-state index is 0.0739. The predicted octanol–water partition coefficient (Wildman–Crippen LogP) is 6.68. The molecule has 1 aromatic heterocycles. The SMILES string of the molecule is Cc1cnc2c(C(F)(F)F)cccc2c1-c1cccc(OCc2cccc(C#N)c2)c1. The standard InChI is InChI=1S/C25H17F3N2O/c1-16-14-30-24-21(9-4-10-22(24)25(26,27)28)23(16)19-7-3-8-20(12-19)31-15-18-6-2-5-17(11-18)13-29/h2-12,14H,15H2,1H3. The van der Waals surface area contributed by atoms with E-state index in [4.69, 9.17) is 10.00 Å². The number of nitrogens with zero attached hydrogens (tertiary/aromatic N) is 2. The molecule has 3 nitrogen and oxygen atoms in total. The van der Waals surface area contributed by atoms with Crippen LogP contribution in [0, 0.1) is 18.3 Å². The van der Waals surface area contributed by atoms with Crippen molar-refractivity contribution >= 4 is 10.9 Å². The van der Waals surface area contributed by atoms with Gasteiger partial charge in [-0.25, -0.2) is 0 Å². The lowest BCUT2D eigenvalue weighted by Gasteiger charge is -2.15. The maximum Gasteiger partial charge on any atom is 0.418 e. The van der Waals surface area contributed by atoms with Crippen LogP contribution in [-0.4, -0.2) is 4.98 Å². The fourth-order valence-electron chi connectivity index (χ4n) is 3.57. The van der Waals surface area contributed by atoms with Gasteiger partial charge in [0.05, 0.1) is 22.7 Å². The van der Waals surface area contributed by atoms with Gasteiger partial charge >= 0.3 is 6.18 Å². The van der Waals surface area contributed by atoms with E-state index in [-0.39, 0.29) is 12.1 Å². The van der Waals surface area contributed by atoms with Crippen molar-refractivity contribution in [1.82, 2.24) is 4.98 Å². The summed E-state index contributed by atoms with van der Waals surface area (Å²) >= 11 is 0. The summed E-state index contributed by atoms with van der Waals surface area (Å²) in [4.78, 5) is 4.07. The molecule has 4 aromatic rings. The Morgan fingerprint density at radius 3 is 2.55 bits per heavy atom. The molecular weight excluding hydrogens is 401 g/mol. The fourth-order valence-corrected chi connectivity index (χ4v) is 3.57. The molecule has 154 valence electrons. The van der Waals surface area contributed by atoms with Gasteiger partial charge in [-0.1, -0.05) is 36.4 Å². The summed E-state index contributed by atoms with van der Waals surface area (Å²) < 4.78 is 46.2. The number of ether oxygens (including phenoxy) is 1. The van der Waals surface area contributed by atoms with Gasteiger partial charge in [0.15, 0.2) is 0 Å². The summed E-state index contributed by atoms with van der Waals surface area (Å²) in [5.41, 5.74) is 2.77. The van der Waals surface area contributed by atoms with Crippen LogP contribution < -0.4 is 4.74 Å². The normalized spacial score (nSPS) is 11.3. The second kappa shape index (κ2) is 8.11. The molecule has 0 spiro atoms. The third-order valence-corrected chi connectivity index (χ3v) is 4.98. The molecule has 0 fully saturated rings. The Labute approximate surface area is 177 Å². The zero-order valence-electron chi connectivity index (χ0n) is 16.6. The van der Waals surface area contributed by atoms with Gasteiger partial charge in [0.25, 0.3) is 0 Å². The molecule has 0 radical (unpaired) electrons. The van der Waals surface area contributed by atoms with Crippen molar-refractivity contribution < 1.29 is 17.9 Å². The van der Waals surface area contributed by atoms with Crippen LogP contribution in [0.15, 0.2) is 72.9 Å². The Bertz CT molecular complexity index is 1310. The average molecular weight is 418 g/mol. The van der Waals surface area contributed by atoms with Crippen molar-refractivity contribution in [2.24, 2.45) is 0 Å². The molecule has 0 aliphatic rings. The van der Waals surface area contributed by atoms with Crippen LogP contribution in [0.3, 0.4) is 0 Å². The number of halogens is 3. The molecule has 0 amide bonds. The van der Waals surface area contributed by atoms with Crippen LogP contribution in [0.5, 0.6) is 5.75 Å². The van der Waals surface area contributed by atoms with Crippen molar-refractivity contribution in [2.45, 2.75) is 19.7 Å². The zero-order valence-corrected chi connectivity index (χ0v) is 16.6. The van der Waals surface area contributed by atoms with Crippen LogP contribution >= 0.6 is 0 Å². The average Bonchev–Trinajstić information content (AvgIpc) is 2.77. The molecule has 6 heteroatoms. The topological polar surface area (TPSA) is 45.9 Å². The summed E-state index contributed by atoms with van der Waals surface area (Å²) in [6.07, 6.45) is -3.02. The van der Waals surface area contributed by atoms with E-state index >= 15 is 0 Å². The number of benzene rings is 3. The van der Waals surface area contributed by atoms with E-state index in [1.54, 1.807) is 42.5 Å². The molecule has 0 unspecified atom stereocenters. The van der Waals surface area contributed by atoms with Crippen molar-refractivity contribution in [2.75, 3.05) is 0 Å². The van der Waals surface area contributed by atoms with Gasteiger partial charge in [0.1, 0.15) is 12.4 Å². The molecule has 4 rings (SSSR count). The third kappa shape index (κ3) is 4.22. The number of rotatable bonds is 4. The number of hydrogen-bond donors (Lipinski definition) is 0. The van der Waals surface area contributed by atoms with Crippen LogP contribution in [0.2, 0.25) is 0 Å². The van der Waals surface area contributed by atoms with E-state index < -0.39 is 11.7 Å². The summed E-state index contributed by atoms with van der Waals surface area (Å²) in [5, 5.41) is 9.46. The van der Waals surface area contributed by atoms with Crippen LogP contribution in [0.4, 0.5) is 13.2 Å². The molecule has 0 aliphatic heterocycles. The molecule has 0 saturated heterocycles. The summed E-state index contributed by atoms with van der Waals surface area (Å²) in [7, 11) is 0. The largest absolute Gasteiger partial charge is 0.489 e. The number of nitriles is 1. The van der Waals surface area contributed by atoms with Gasteiger partial charge in [0, 0.05) is 11.6 Å². The van der Waals surface area contributed by atoms with Crippen molar-refractivity contribution in [3.63, 3.8) is 0 Å². The molecular formula is C25H17F3N2O. The Kier molecular flexibility index (Phi) is 5.35.